The number of carbonyl (C=O) groups is 1. The molecule has 0 atom stereocenters. The number of amides is 1. The van der Waals surface area contributed by atoms with Gasteiger partial charge in [0.05, 0.1) is 0 Å². The third-order valence-electron chi connectivity index (χ3n) is 2.49. The molecule has 0 bridgehead atoms. The third-order valence-corrected chi connectivity index (χ3v) is 2.49. The number of carbonyl (C=O) groups excluding carboxylic acids is 1. The van der Waals surface area contributed by atoms with Gasteiger partial charge in [0, 0.05) is 22.7 Å². The van der Waals surface area contributed by atoms with Gasteiger partial charge in [-0.25, -0.2) is 4.79 Å². The summed E-state index contributed by atoms with van der Waals surface area (Å²) in [6, 6.07) is 6.47. The Kier molecular flexibility index (Phi) is 3.06. The Morgan fingerprint density at radius 1 is 1.26 bits per heavy atom. The Morgan fingerprint density at radius 3 is 2.58 bits per heavy atom. The lowest BCUT2D eigenvalue weighted by Gasteiger charge is -2.20. The SMILES string of the molecule is CC(C)(C)NC(=O)c1cc2ccc(N)cc2oc1=O. The maximum atomic E-state index is 12.0. The first kappa shape index (κ1) is 13.1. The predicted octanol–water partition coefficient (Wildman–Crippen LogP) is 1.90. The van der Waals surface area contributed by atoms with E-state index in [0.29, 0.717) is 16.7 Å². The second-order valence-corrected chi connectivity index (χ2v) is 5.45. The fourth-order valence-corrected chi connectivity index (χ4v) is 1.69. The zero-order valence-corrected chi connectivity index (χ0v) is 11.1. The number of rotatable bonds is 1. The van der Waals surface area contributed by atoms with Gasteiger partial charge in [-0.1, -0.05) is 0 Å². The van der Waals surface area contributed by atoms with Crippen LogP contribution in [0, 0.1) is 0 Å². The van der Waals surface area contributed by atoms with Crippen LogP contribution in [0.3, 0.4) is 0 Å². The van der Waals surface area contributed by atoms with Gasteiger partial charge in [0.2, 0.25) is 0 Å². The molecule has 0 aliphatic heterocycles. The lowest BCUT2D eigenvalue weighted by atomic mass is 10.1. The standard InChI is InChI=1S/C14H16N2O3/c1-14(2,3)16-12(17)10-6-8-4-5-9(15)7-11(8)19-13(10)18/h4-7H,15H2,1-3H3,(H,16,17). The van der Waals surface area contributed by atoms with E-state index in [9.17, 15) is 9.59 Å². The fraction of sp³-hybridized carbons (Fsp3) is 0.286. The smallest absolute Gasteiger partial charge is 0.349 e. The van der Waals surface area contributed by atoms with Crippen molar-refractivity contribution in [1.29, 1.82) is 0 Å². The van der Waals surface area contributed by atoms with Crippen molar-refractivity contribution in [3.63, 3.8) is 0 Å². The summed E-state index contributed by atoms with van der Waals surface area (Å²) in [6.07, 6.45) is 0. The summed E-state index contributed by atoms with van der Waals surface area (Å²) < 4.78 is 5.11. The summed E-state index contributed by atoms with van der Waals surface area (Å²) in [5.41, 5.74) is 5.40. The van der Waals surface area contributed by atoms with Crippen LogP contribution in [0.2, 0.25) is 0 Å². The van der Waals surface area contributed by atoms with Crippen LogP contribution in [0.1, 0.15) is 31.1 Å². The molecule has 0 saturated heterocycles. The number of benzene rings is 1. The first-order valence-electron chi connectivity index (χ1n) is 5.92. The average Bonchev–Trinajstić information content (AvgIpc) is 2.25. The Labute approximate surface area is 110 Å². The van der Waals surface area contributed by atoms with Crippen molar-refractivity contribution in [2.45, 2.75) is 26.3 Å². The van der Waals surface area contributed by atoms with Crippen molar-refractivity contribution >= 4 is 22.6 Å². The monoisotopic (exact) mass is 260 g/mol. The Hall–Kier alpha value is -2.30. The van der Waals surface area contributed by atoms with Gasteiger partial charge in [-0.15, -0.1) is 0 Å². The van der Waals surface area contributed by atoms with Crippen molar-refractivity contribution in [1.82, 2.24) is 5.32 Å². The highest BCUT2D eigenvalue weighted by molar-refractivity contribution is 5.97. The van der Waals surface area contributed by atoms with Gasteiger partial charge in [-0.2, -0.15) is 0 Å². The Morgan fingerprint density at radius 2 is 1.95 bits per heavy atom. The van der Waals surface area contributed by atoms with Gasteiger partial charge < -0.3 is 15.5 Å². The van der Waals surface area contributed by atoms with E-state index in [-0.39, 0.29) is 5.56 Å². The summed E-state index contributed by atoms with van der Waals surface area (Å²) in [4.78, 5) is 23.8. The third kappa shape index (κ3) is 2.93. The van der Waals surface area contributed by atoms with Gasteiger partial charge in [0.1, 0.15) is 11.1 Å². The molecule has 1 aromatic carbocycles. The molecular weight excluding hydrogens is 244 g/mol. The van der Waals surface area contributed by atoms with Crippen LogP contribution in [-0.2, 0) is 0 Å². The number of anilines is 1. The summed E-state index contributed by atoms with van der Waals surface area (Å²) in [5.74, 6) is -0.444. The van der Waals surface area contributed by atoms with Crippen molar-refractivity contribution in [3.05, 3.63) is 40.2 Å². The highest BCUT2D eigenvalue weighted by atomic mass is 16.4. The van der Waals surface area contributed by atoms with Gasteiger partial charge in [0.15, 0.2) is 0 Å². The van der Waals surface area contributed by atoms with Crippen molar-refractivity contribution in [2.75, 3.05) is 5.73 Å². The van der Waals surface area contributed by atoms with E-state index in [1.807, 2.05) is 20.8 Å². The molecule has 3 N–H and O–H groups in total. The summed E-state index contributed by atoms with van der Waals surface area (Å²) in [5, 5.41) is 3.39. The quantitative estimate of drug-likeness (QED) is 0.605. The molecule has 0 radical (unpaired) electrons. The number of nitrogens with two attached hydrogens (primary N) is 1. The molecule has 1 heterocycles. The van der Waals surface area contributed by atoms with Crippen LogP contribution in [0.5, 0.6) is 0 Å². The zero-order valence-electron chi connectivity index (χ0n) is 11.1. The van der Waals surface area contributed by atoms with Crippen LogP contribution in [0.15, 0.2) is 33.5 Å². The number of fused-ring (bicyclic) bond motifs is 1. The molecule has 1 aromatic heterocycles. The first-order chi connectivity index (χ1) is 8.76. The minimum Gasteiger partial charge on any atom is -0.422 e. The van der Waals surface area contributed by atoms with E-state index in [2.05, 4.69) is 5.32 Å². The number of nitrogens with one attached hydrogen (secondary N) is 1. The van der Waals surface area contributed by atoms with Crippen molar-refractivity contribution < 1.29 is 9.21 Å². The number of nitrogen functional groups attached to an aromatic ring is 1. The first-order valence-corrected chi connectivity index (χ1v) is 5.92. The number of hydrogen-bond donors (Lipinski definition) is 2. The van der Waals surface area contributed by atoms with Gasteiger partial charge >= 0.3 is 5.63 Å². The van der Waals surface area contributed by atoms with Gasteiger partial charge in [-0.05, 0) is 39.0 Å². The summed E-state index contributed by atoms with van der Waals surface area (Å²) >= 11 is 0. The molecule has 1 amide bonds. The minimum absolute atomic E-state index is 0.00723. The molecule has 0 aliphatic carbocycles. The van der Waals surface area contributed by atoms with Crippen LogP contribution in [-0.4, -0.2) is 11.4 Å². The second-order valence-electron chi connectivity index (χ2n) is 5.45. The number of hydrogen-bond acceptors (Lipinski definition) is 4. The maximum Gasteiger partial charge on any atom is 0.349 e. The molecule has 19 heavy (non-hydrogen) atoms. The average molecular weight is 260 g/mol. The predicted molar refractivity (Wildman–Crippen MR) is 74.1 cm³/mol. The highest BCUT2D eigenvalue weighted by Crippen LogP contribution is 2.17. The van der Waals surface area contributed by atoms with E-state index in [1.54, 1.807) is 18.2 Å². The molecule has 2 aromatic rings. The van der Waals surface area contributed by atoms with Crippen molar-refractivity contribution in [3.8, 4) is 0 Å². The van der Waals surface area contributed by atoms with Crippen LogP contribution in [0.4, 0.5) is 5.69 Å². The zero-order chi connectivity index (χ0) is 14.2. The molecule has 100 valence electrons. The molecule has 0 spiro atoms. The second kappa shape index (κ2) is 4.42. The fourth-order valence-electron chi connectivity index (χ4n) is 1.69. The molecule has 0 saturated carbocycles. The van der Waals surface area contributed by atoms with Crippen LogP contribution in [0.25, 0.3) is 11.0 Å². The maximum absolute atomic E-state index is 12.0. The van der Waals surface area contributed by atoms with Crippen LogP contribution < -0.4 is 16.7 Å². The Balaban J connectivity index is 2.50. The summed E-state index contributed by atoms with van der Waals surface area (Å²) in [6.45, 7) is 5.52. The largest absolute Gasteiger partial charge is 0.422 e. The van der Waals surface area contributed by atoms with Gasteiger partial charge in [-0.3, -0.25) is 4.79 Å². The summed E-state index contributed by atoms with van der Waals surface area (Å²) in [7, 11) is 0. The van der Waals surface area contributed by atoms with E-state index in [1.165, 1.54) is 6.07 Å². The van der Waals surface area contributed by atoms with E-state index < -0.39 is 17.1 Å². The highest BCUT2D eigenvalue weighted by Gasteiger charge is 2.19. The van der Waals surface area contributed by atoms with E-state index >= 15 is 0 Å². The minimum atomic E-state index is -0.667. The van der Waals surface area contributed by atoms with Crippen LogP contribution >= 0.6 is 0 Å². The molecule has 0 unspecified atom stereocenters. The van der Waals surface area contributed by atoms with E-state index in [4.69, 9.17) is 10.2 Å². The van der Waals surface area contributed by atoms with Crippen molar-refractivity contribution in [2.24, 2.45) is 0 Å². The Bertz CT molecular complexity index is 696. The van der Waals surface area contributed by atoms with E-state index in [0.717, 1.165) is 0 Å². The normalized spacial score (nSPS) is 11.5. The molecule has 0 fully saturated rings. The van der Waals surface area contributed by atoms with Gasteiger partial charge in [0.25, 0.3) is 5.91 Å². The lowest BCUT2D eigenvalue weighted by molar-refractivity contribution is 0.0916. The molecule has 2 rings (SSSR count). The molecule has 5 heteroatoms. The molecular formula is C14H16N2O3. The topological polar surface area (TPSA) is 85.3 Å². The lowest BCUT2D eigenvalue weighted by Crippen LogP contribution is -2.42. The molecule has 5 nitrogen and oxygen atoms in total. The molecule has 0 aliphatic rings.